The van der Waals surface area contributed by atoms with Crippen LogP contribution >= 0.6 is 0 Å². The van der Waals surface area contributed by atoms with Crippen molar-refractivity contribution in [2.24, 2.45) is 0 Å². The van der Waals surface area contributed by atoms with Gasteiger partial charge in [0.05, 0.1) is 0 Å². The van der Waals surface area contributed by atoms with Crippen molar-refractivity contribution in [3.05, 3.63) is 29.3 Å². The lowest BCUT2D eigenvalue weighted by Gasteiger charge is -2.14. The van der Waals surface area contributed by atoms with Gasteiger partial charge in [0.15, 0.2) is 0 Å². The predicted molar refractivity (Wildman–Crippen MR) is 67.1 cm³/mol. The van der Waals surface area contributed by atoms with Gasteiger partial charge in [0, 0.05) is 12.5 Å². The Bertz CT molecular complexity index is 431. The van der Waals surface area contributed by atoms with Gasteiger partial charge < -0.3 is 10.4 Å². The number of hydrogen-bond acceptors (Lipinski definition) is 2. The van der Waals surface area contributed by atoms with E-state index in [1.165, 1.54) is 0 Å². The van der Waals surface area contributed by atoms with Gasteiger partial charge in [-0.1, -0.05) is 6.07 Å². The van der Waals surface area contributed by atoms with Crippen molar-refractivity contribution < 1.29 is 18.3 Å². The van der Waals surface area contributed by atoms with E-state index in [2.05, 4.69) is 5.32 Å². The molecule has 0 spiro atoms. The smallest absolute Gasteiger partial charge is 0.389 e. The maximum atomic E-state index is 12.0. The Kier molecular flexibility index (Phi) is 4.34. The van der Waals surface area contributed by atoms with Crippen molar-refractivity contribution in [2.75, 3.05) is 6.54 Å². The van der Waals surface area contributed by atoms with E-state index in [1.807, 2.05) is 6.07 Å². The molecule has 0 bridgehead atoms. The lowest BCUT2D eigenvalue weighted by atomic mass is 10.1. The highest BCUT2D eigenvalue weighted by Crippen LogP contribution is 2.33. The molecule has 1 aromatic rings. The van der Waals surface area contributed by atoms with E-state index < -0.39 is 12.6 Å². The number of phenolic OH excluding ortho intramolecular Hbond substituents is 1. The summed E-state index contributed by atoms with van der Waals surface area (Å²) in [5.74, 6) is 0.268. The van der Waals surface area contributed by atoms with E-state index in [1.54, 1.807) is 12.1 Å². The lowest BCUT2D eigenvalue weighted by Crippen LogP contribution is -2.20. The van der Waals surface area contributed by atoms with Crippen LogP contribution in [0, 0.1) is 0 Å². The van der Waals surface area contributed by atoms with Gasteiger partial charge in [0.2, 0.25) is 0 Å². The van der Waals surface area contributed by atoms with Crippen LogP contribution in [0.25, 0.3) is 0 Å². The summed E-state index contributed by atoms with van der Waals surface area (Å²) in [6, 6.07) is 5.52. The van der Waals surface area contributed by atoms with Gasteiger partial charge in [-0.05, 0) is 55.5 Å². The Hall–Kier alpha value is -1.23. The minimum absolute atomic E-state index is 0.172. The topological polar surface area (TPSA) is 32.3 Å². The summed E-state index contributed by atoms with van der Waals surface area (Å²) in [6.45, 7) is 0.598. The highest BCUT2D eigenvalue weighted by atomic mass is 19.4. The van der Waals surface area contributed by atoms with Gasteiger partial charge in [-0.3, -0.25) is 0 Å². The number of halogens is 3. The summed E-state index contributed by atoms with van der Waals surface area (Å²) < 4.78 is 35.9. The summed E-state index contributed by atoms with van der Waals surface area (Å²) in [4.78, 5) is 0. The standard InChI is InChI=1S/C14H18F3NO/c15-14(16,17)7-1-2-8-18-13-6-3-10-9-11(19)4-5-12(10)13/h4-5,9,13,18-19H,1-3,6-8H2. The monoisotopic (exact) mass is 273 g/mol. The number of rotatable bonds is 5. The molecule has 2 nitrogen and oxygen atoms in total. The molecule has 1 unspecified atom stereocenters. The summed E-state index contributed by atoms with van der Waals surface area (Å²) in [5, 5.41) is 12.7. The van der Waals surface area contributed by atoms with Gasteiger partial charge in [-0.15, -0.1) is 0 Å². The van der Waals surface area contributed by atoms with E-state index in [0.29, 0.717) is 13.0 Å². The Morgan fingerprint density at radius 1 is 1.26 bits per heavy atom. The van der Waals surface area contributed by atoms with Crippen LogP contribution in [0.4, 0.5) is 13.2 Å². The van der Waals surface area contributed by atoms with Crippen molar-refractivity contribution in [3.8, 4) is 5.75 Å². The summed E-state index contributed by atoms with van der Waals surface area (Å²) in [6.07, 6.45) is -2.20. The van der Waals surface area contributed by atoms with Crippen molar-refractivity contribution in [3.63, 3.8) is 0 Å². The van der Waals surface area contributed by atoms with Crippen molar-refractivity contribution in [2.45, 2.75) is 44.3 Å². The summed E-state index contributed by atoms with van der Waals surface area (Å²) in [7, 11) is 0. The molecule has 1 atom stereocenters. The number of unbranched alkanes of at least 4 members (excludes halogenated alkanes) is 1. The first-order valence-electron chi connectivity index (χ1n) is 6.57. The second-order valence-corrected chi connectivity index (χ2v) is 5.00. The number of alkyl halides is 3. The zero-order valence-electron chi connectivity index (χ0n) is 10.6. The fourth-order valence-electron chi connectivity index (χ4n) is 2.54. The van der Waals surface area contributed by atoms with Gasteiger partial charge in [0.25, 0.3) is 0 Å². The van der Waals surface area contributed by atoms with Gasteiger partial charge in [-0.2, -0.15) is 13.2 Å². The molecule has 0 saturated heterocycles. The third-order valence-corrected chi connectivity index (χ3v) is 3.48. The SMILES string of the molecule is Oc1ccc2c(c1)CCC2NCCCCC(F)(F)F. The van der Waals surface area contributed by atoms with Crippen LogP contribution in [0.5, 0.6) is 5.75 Å². The number of aromatic hydroxyl groups is 1. The number of benzene rings is 1. The van der Waals surface area contributed by atoms with Crippen LogP contribution in [0.15, 0.2) is 18.2 Å². The zero-order valence-corrected chi connectivity index (χ0v) is 10.6. The predicted octanol–water partition coefficient (Wildman–Crippen LogP) is 3.70. The highest BCUT2D eigenvalue weighted by Gasteiger charge is 2.26. The first kappa shape index (κ1) is 14.2. The van der Waals surface area contributed by atoms with Crippen molar-refractivity contribution in [1.82, 2.24) is 5.32 Å². The molecule has 0 saturated carbocycles. The number of fused-ring (bicyclic) bond motifs is 1. The largest absolute Gasteiger partial charge is 0.508 e. The molecule has 1 aliphatic carbocycles. The molecular weight excluding hydrogens is 255 g/mol. The molecule has 2 rings (SSSR count). The van der Waals surface area contributed by atoms with Gasteiger partial charge in [-0.25, -0.2) is 0 Å². The second-order valence-electron chi connectivity index (χ2n) is 5.00. The average Bonchev–Trinajstić information content (AvgIpc) is 2.69. The first-order chi connectivity index (χ1) is 8.96. The average molecular weight is 273 g/mol. The molecule has 19 heavy (non-hydrogen) atoms. The molecule has 5 heteroatoms. The van der Waals surface area contributed by atoms with Crippen LogP contribution in [0.1, 0.15) is 42.9 Å². The molecule has 2 N–H and O–H groups in total. The molecule has 106 valence electrons. The van der Waals surface area contributed by atoms with Crippen LogP contribution in [-0.4, -0.2) is 17.8 Å². The zero-order chi connectivity index (χ0) is 13.9. The van der Waals surface area contributed by atoms with Crippen LogP contribution in [-0.2, 0) is 6.42 Å². The third kappa shape index (κ3) is 4.13. The minimum atomic E-state index is -4.04. The van der Waals surface area contributed by atoms with Gasteiger partial charge in [0.1, 0.15) is 5.75 Å². The third-order valence-electron chi connectivity index (χ3n) is 3.48. The molecule has 0 amide bonds. The Balaban J connectivity index is 1.74. The van der Waals surface area contributed by atoms with E-state index >= 15 is 0 Å². The molecule has 1 aliphatic rings. The van der Waals surface area contributed by atoms with Crippen LogP contribution in [0.2, 0.25) is 0 Å². The first-order valence-corrected chi connectivity index (χ1v) is 6.57. The Morgan fingerprint density at radius 2 is 2.05 bits per heavy atom. The molecular formula is C14H18F3NO. The van der Waals surface area contributed by atoms with Crippen LogP contribution in [0.3, 0.4) is 0 Å². The quantitative estimate of drug-likeness (QED) is 0.802. The number of phenols is 1. The van der Waals surface area contributed by atoms with Crippen molar-refractivity contribution >= 4 is 0 Å². The molecule has 0 aliphatic heterocycles. The summed E-state index contributed by atoms with van der Waals surface area (Å²) in [5.41, 5.74) is 2.29. The lowest BCUT2D eigenvalue weighted by molar-refractivity contribution is -0.135. The second kappa shape index (κ2) is 5.82. The number of aryl methyl sites for hydroxylation is 1. The maximum absolute atomic E-state index is 12.0. The van der Waals surface area contributed by atoms with E-state index in [9.17, 15) is 18.3 Å². The van der Waals surface area contributed by atoms with Gasteiger partial charge >= 0.3 is 6.18 Å². The normalized spacial score (nSPS) is 18.6. The minimum Gasteiger partial charge on any atom is -0.508 e. The van der Waals surface area contributed by atoms with E-state index in [-0.39, 0.29) is 18.2 Å². The number of hydrogen-bond donors (Lipinski definition) is 2. The van der Waals surface area contributed by atoms with E-state index in [0.717, 1.165) is 24.0 Å². The molecule has 0 heterocycles. The number of nitrogens with one attached hydrogen (secondary N) is 1. The maximum Gasteiger partial charge on any atom is 0.389 e. The molecule has 0 radical (unpaired) electrons. The fraction of sp³-hybridized carbons (Fsp3) is 0.571. The van der Waals surface area contributed by atoms with E-state index in [4.69, 9.17) is 0 Å². The fourth-order valence-corrected chi connectivity index (χ4v) is 2.54. The Morgan fingerprint density at radius 3 is 2.79 bits per heavy atom. The molecule has 1 aromatic carbocycles. The molecule has 0 aromatic heterocycles. The van der Waals surface area contributed by atoms with Crippen molar-refractivity contribution in [1.29, 1.82) is 0 Å². The highest BCUT2D eigenvalue weighted by molar-refractivity contribution is 5.39. The van der Waals surface area contributed by atoms with Crippen LogP contribution < -0.4 is 5.32 Å². The molecule has 0 fully saturated rings. The Labute approximate surface area is 110 Å². The summed E-state index contributed by atoms with van der Waals surface area (Å²) >= 11 is 0.